The monoisotopic (exact) mass is 314 g/mol. The van der Waals surface area contributed by atoms with Crippen molar-refractivity contribution >= 4 is 21.4 Å². The molecule has 20 heavy (non-hydrogen) atoms. The lowest BCUT2D eigenvalue weighted by molar-refractivity contribution is 0.573. The van der Waals surface area contributed by atoms with Crippen molar-refractivity contribution in [1.82, 2.24) is 10.0 Å². The predicted molar refractivity (Wildman–Crippen MR) is 81.3 cm³/mol. The molecule has 0 unspecified atom stereocenters. The summed E-state index contributed by atoms with van der Waals surface area (Å²) in [4.78, 5) is 1.51. The largest absolute Gasteiger partial charge is 0.309 e. The molecule has 0 radical (unpaired) electrons. The van der Waals surface area contributed by atoms with E-state index >= 15 is 0 Å². The van der Waals surface area contributed by atoms with Crippen molar-refractivity contribution in [2.24, 2.45) is 5.92 Å². The van der Waals surface area contributed by atoms with Crippen LogP contribution in [0.3, 0.4) is 0 Å². The van der Waals surface area contributed by atoms with E-state index in [1.165, 1.54) is 37.0 Å². The van der Waals surface area contributed by atoms with Gasteiger partial charge in [0, 0.05) is 29.4 Å². The molecule has 0 aromatic carbocycles. The zero-order chi connectivity index (χ0) is 14.0. The molecule has 112 valence electrons. The van der Waals surface area contributed by atoms with Gasteiger partial charge in [0.05, 0.1) is 4.90 Å². The van der Waals surface area contributed by atoms with E-state index in [0.717, 1.165) is 30.2 Å². The first-order valence-corrected chi connectivity index (χ1v) is 9.80. The summed E-state index contributed by atoms with van der Waals surface area (Å²) >= 11 is 1.52. The fourth-order valence-electron chi connectivity index (χ4n) is 2.21. The number of nitrogens with one attached hydrogen (secondary N) is 2. The molecule has 1 heterocycles. The normalized spacial score (nSPS) is 19.4. The van der Waals surface area contributed by atoms with Crippen LogP contribution in [0, 0.1) is 5.92 Å². The highest BCUT2D eigenvalue weighted by Crippen LogP contribution is 2.33. The Kier molecular flexibility index (Phi) is 4.45. The van der Waals surface area contributed by atoms with Gasteiger partial charge in [0.1, 0.15) is 0 Å². The Labute approximate surface area is 125 Å². The third-order valence-corrected chi connectivity index (χ3v) is 6.39. The van der Waals surface area contributed by atoms with Gasteiger partial charge in [0.25, 0.3) is 0 Å². The molecule has 2 N–H and O–H groups in total. The van der Waals surface area contributed by atoms with Gasteiger partial charge in [-0.1, -0.05) is 12.8 Å². The molecular formula is C14H22N2O2S2. The summed E-state index contributed by atoms with van der Waals surface area (Å²) in [5.74, 6) is 0.862. The Morgan fingerprint density at radius 2 is 2.05 bits per heavy atom. The molecule has 0 saturated heterocycles. The Balaban J connectivity index is 1.47. The van der Waals surface area contributed by atoms with Crippen molar-refractivity contribution in [3.05, 3.63) is 16.3 Å². The molecule has 4 nitrogen and oxygen atoms in total. The van der Waals surface area contributed by atoms with Crippen LogP contribution >= 0.6 is 11.3 Å². The molecular weight excluding hydrogens is 292 g/mol. The zero-order valence-electron chi connectivity index (χ0n) is 11.6. The van der Waals surface area contributed by atoms with Gasteiger partial charge in [0.2, 0.25) is 10.0 Å². The molecule has 2 aliphatic rings. The number of hydrogen-bond donors (Lipinski definition) is 2. The van der Waals surface area contributed by atoms with Crippen LogP contribution in [0.1, 0.15) is 43.4 Å². The van der Waals surface area contributed by atoms with Crippen molar-refractivity contribution in [2.45, 2.75) is 56.0 Å². The number of hydrogen-bond acceptors (Lipinski definition) is 4. The second kappa shape index (κ2) is 6.13. The van der Waals surface area contributed by atoms with Crippen LogP contribution in [0.5, 0.6) is 0 Å². The van der Waals surface area contributed by atoms with Crippen LogP contribution in [0.4, 0.5) is 0 Å². The third kappa shape index (κ3) is 4.28. The van der Waals surface area contributed by atoms with Gasteiger partial charge in [-0.25, -0.2) is 13.1 Å². The van der Waals surface area contributed by atoms with Gasteiger partial charge in [0.15, 0.2) is 0 Å². The fraction of sp³-hybridized carbons (Fsp3) is 0.714. The minimum atomic E-state index is -3.31. The van der Waals surface area contributed by atoms with E-state index in [0.29, 0.717) is 17.5 Å². The van der Waals surface area contributed by atoms with Crippen LogP contribution < -0.4 is 10.0 Å². The Morgan fingerprint density at radius 1 is 1.25 bits per heavy atom. The van der Waals surface area contributed by atoms with E-state index in [4.69, 9.17) is 0 Å². The number of sulfonamides is 1. The molecule has 6 heteroatoms. The van der Waals surface area contributed by atoms with Gasteiger partial charge in [-0.05, 0) is 37.7 Å². The van der Waals surface area contributed by atoms with Crippen LogP contribution in [-0.2, 0) is 16.6 Å². The molecule has 0 atom stereocenters. The van der Waals surface area contributed by atoms with Crippen LogP contribution in [0.15, 0.2) is 16.3 Å². The second-order valence-electron chi connectivity index (χ2n) is 5.89. The average molecular weight is 314 g/mol. The minimum Gasteiger partial charge on any atom is -0.309 e. The maximum atomic E-state index is 12.1. The quantitative estimate of drug-likeness (QED) is 0.688. The van der Waals surface area contributed by atoms with E-state index in [-0.39, 0.29) is 0 Å². The lowest BCUT2D eigenvalue weighted by atomic mass is 10.2. The Hall–Kier alpha value is -0.430. The minimum absolute atomic E-state index is 0.418. The summed E-state index contributed by atoms with van der Waals surface area (Å²) in [6.45, 7) is 1.34. The molecule has 2 saturated carbocycles. The molecule has 2 aliphatic carbocycles. The third-order valence-electron chi connectivity index (χ3n) is 3.86. The maximum Gasteiger partial charge on any atom is 0.241 e. The van der Waals surface area contributed by atoms with E-state index < -0.39 is 10.0 Å². The van der Waals surface area contributed by atoms with Gasteiger partial charge in [-0.15, -0.1) is 11.3 Å². The van der Waals surface area contributed by atoms with Crippen molar-refractivity contribution in [3.63, 3.8) is 0 Å². The van der Waals surface area contributed by atoms with Crippen LogP contribution in [0.2, 0.25) is 0 Å². The van der Waals surface area contributed by atoms with Crippen LogP contribution in [0.25, 0.3) is 0 Å². The topological polar surface area (TPSA) is 58.2 Å². The Morgan fingerprint density at radius 3 is 2.75 bits per heavy atom. The summed E-state index contributed by atoms with van der Waals surface area (Å²) in [5, 5.41) is 5.15. The zero-order valence-corrected chi connectivity index (χ0v) is 13.2. The summed E-state index contributed by atoms with van der Waals surface area (Å²) in [7, 11) is -3.31. The predicted octanol–water partition coefficient (Wildman–Crippen LogP) is 2.47. The van der Waals surface area contributed by atoms with Crippen molar-refractivity contribution in [1.29, 1.82) is 0 Å². The summed E-state index contributed by atoms with van der Waals surface area (Å²) in [6, 6.07) is 2.45. The van der Waals surface area contributed by atoms with Gasteiger partial charge < -0.3 is 5.32 Å². The van der Waals surface area contributed by atoms with Crippen molar-refractivity contribution in [2.75, 3.05) is 6.54 Å². The highest BCUT2D eigenvalue weighted by Gasteiger charge is 2.22. The van der Waals surface area contributed by atoms with Crippen molar-refractivity contribution < 1.29 is 8.42 Å². The summed E-state index contributed by atoms with van der Waals surface area (Å²) in [5.41, 5.74) is 0. The number of thiophene rings is 1. The first kappa shape index (κ1) is 14.5. The summed E-state index contributed by atoms with van der Waals surface area (Å²) in [6.07, 6.45) is 7.26. The smallest absolute Gasteiger partial charge is 0.241 e. The van der Waals surface area contributed by atoms with Gasteiger partial charge in [-0.2, -0.15) is 0 Å². The lowest BCUT2D eigenvalue weighted by Gasteiger charge is -2.04. The summed E-state index contributed by atoms with van der Waals surface area (Å²) < 4.78 is 27.0. The first-order valence-electron chi connectivity index (χ1n) is 7.44. The van der Waals surface area contributed by atoms with Gasteiger partial charge >= 0.3 is 0 Å². The highest BCUT2D eigenvalue weighted by molar-refractivity contribution is 7.89. The second-order valence-corrected chi connectivity index (χ2v) is 8.65. The van der Waals surface area contributed by atoms with E-state index in [9.17, 15) is 8.42 Å². The Bertz CT molecular complexity index is 545. The molecule has 3 rings (SSSR count). The van der Waals surface area contributed by atoms with Gasteiger partial charge in [-0.3, -0.25) is 0 Å². The SMILES string of the molecule is O=S(=O)(NCCCC1CC1)c1csc(CNC2CC2)c1. The molecule has 0 amide bonds. The maximum absolute atomic E-state index is 12.1. The van der Waals surface area contributed by atoms with Crippen molar-refractivity contribution in [3.8, 4) is 0 Å². The molecule has 0 bridgehead atoms. The first-order chi connectivity index (χ1) is 9.63. The standard InChI is InChI=1S/C14H22N2O2S2/c17-20(18,16-7-1-2-11-3-4-11)14-8-13(19-10-14)9-15-12-5-6-12/h8,10-12,15-16H,1-7,9H2. The van der Waals surface area contributed by atoms with E-state index in [1.54, 1.807) is 11.4 Å². The molecule has 1 aromatic heterocycles. The highest BCUT2D eigenvalue weighted by atomic mass is 32.2. The van der Waals surface area contributed by atoms with E-state index in [1.807, 2.05) is 0 Å². The van der Waals surface area contributed by atoms with Crippen LogP contribution in [-0.4, -0.2) is 21.0 Å². The number of rotatable bonds is 9. The fourth-order valence-corrected chi connectivity index (χ4v) is 4.51. The molecule has 0 aliphatic heterocycles. The molecule has 0 spiro atoms. The average Bonchev–Trinajstić information content (AvgIpc) is 3.33. The lowest BCUT2D eigenvalue weighted by Crippen LogP contribution is -2.24. The molecule has 1 aromatic rings. The molecule has 2 fully saturated rings. The van der Waals surface area contributed by atoms with E-state index in [2.05, 4.69) is 10.0 Å².